The first-order chi connectivity index (χ1) is 5.33. The van der Waals surface area contributed by atoms with Crippen LogP contribution >= 0.6 is 0 Å². The number of hydrogen-bond donors (Lipinski definition) is 0. The van der Waals surface area contributed by atoms with E-state index in [1.54, 1.807) is 6.92 Å². The lowest BCUT2D eigenvalue weighted by Gasteiger charge is -2.09. The molecule has 1 fully saturated rings. The Morgan fingerprint density at radius 1 is 1.45 bits per heavy atom. The summed E-state index contributed by atoms with van der Waals surface area (Å²) >= 11 is 0. The van der Waals surface area contributed by atoms with Crippen molar-refractivity contribution in [3.8, 4) is 0 Å². The van der Waals surface area contributed by atoms with Crippen molar-refractivity contribution < 1.29 is 14.3 Å². The van der Waals surface area contributed by atoms with E-state index in [1.165, 1.54) is 12.8 Å². The van der Waals surface area contributed by atoms with E-state index >= 15 is 0 Å². The quantitative estimate of drug-likeness (QED) is 0.577. The minimum atomic E-state index is -0.514. The van der Waals surface area contributed by atoms with Gasteiger partial charge in [0.2, 0.25) is 0 Å². The second kappa shape index (κ2) is 4.21. The molecule has 0 aromatic carbocycles. The molecule has 0 radical (unpaired) electrons. The van der Waals surface area contributed by atoms with Crippen LogP contribution in [-0.4, -0.2) is 18.9 Å². The number of hydrogen-bond acceptors (Lipinski definition) is 3. The van der Waals surface area contributed by atoms with Gasteiger partial charge in [-0.3, -0.25) is 0 Å². The maximum atomic E-state index is 10.8. The molecule has 1 saturated carbocycles. The van der Waals surface area contributed by atoms with Gasteiger partial charge in [-0.25, -0.2) is 4.79 Å². The van der Waals surface area contributed by atoms with Gasteiger partial charge in [0.15, 0.2) is 0 Å². The molecule has 0 aliphatic heterocycles. The van der Waals surface area contributed by atoms with Gasteiger partial charge in [-0.15, -0.1) is 0 Å². The molecule has 3 nitrogen and oxygen atoms in total. The first-order valence-corrected chi connectivity index (χ1v) is 4.16. The van der Waals surface area contributed by atoms with Crippen molar-refractivity contribution in [3.05, 3.63) is 0 Å². The largest absolute Gasteiger partial charge is 0.508 e. The smallest absolute Gasteiger partial charge is 0.435 e. The zero-order valence-electron chi connectivity index (χ0n) is 6.84. The predicted molar refractivity (Wildman–Crippen MR) is 40.4 cm³/mol. The summed E-state index contributed by atoms with van der Waals surface area (Å²) in [5.74, 6) is 0. The zero-order chi connectivity index (χ0) is 8.10. The lowest BCUT2D eigenvalue weighted by Crippen LogP contribution is -2.15. The number of carbonyl (C=O) groups excluding carboxylic acids is 1. The molecule has 1 aliphatic rings. The first kappa shape index (κ1) is 8.37. The van der Waals surface area contributed by atoms with Gasteiger partial charge in [0.25, 0.3) is 0 Å². The molecule has 0 saturated heterocycles. The van der Waals surface area contributed by atoms with Gasteiger partial charge >= 0.3 is 6.16 Å². The van der Waals surface area contributed by atoms with Crippen molar-refractivity contribution >= 4 is 6.16 Å². The molecule has 1 aliphatic carbocycles. The second-order valence-corrected chi connectivity index (χ2v) is 2.71. The Labute approximate surface area is 66.7 Å². The highest BCUT2D eigenvalue weighted by molar-refractivity contribution is 5.60. The maximum Gasteiger partial charge on any atom is 0.508 e. The number of rotatable bonds is 2. The zero-order valence-corrected chi connectivity index (χ0v) is 6.84. The van der Waals surface area contributed by atoms with Gasteiger partial charge in [0, 0.05) is 0 Å². The van der Waals surface area contributed by atoms with Gasteiger partial charge in [-0.1, -0.05) is 0 Å². The van der Waals surface area contributed by atoms with Crippen molar-refractivity contribution in [1.82, 2.24) is 0 Å². The third-order valence-corrected chi connectivity index (χ3v) is 1.83. The SMILES string of the molecule is CCOC(=O)OC1CCCC1. The van der Waals surface area contributed by atoms with E-state index in [0.717, 1.165) is 12.8 Å². The van der Waals surface area contributed by atoms with Crippen molar-refractivity contribution in [2.24, 2.45) is 0 Å². The van der Waals surface area contributed by atoms with Crippen LogP contribution in [0, 0.1) is 0 Å². The Bertz CT molecular complexity index is 127. The molecule has 0 N–H and O–H groups in total. The van der Waals surface area contributed by atoms with Crippen molar-refractivity contribution in [2.75, 3.05) is 6.61 Å². The van der Waals surface area contributed by atoms with Gasteiger partial charge in [0.1, 0.15) is 6.10 Å². The van der Waals surface area contributed by atoms with Crippen LogP contribution in [0.15, 0.2) is 0 Å². The molecule has 11 heavy (non-hydrogen) atoms. The second-order valence-electron chi connectivity index (χ2n) is 2.71. The normalized spacial score (nSPS) is 18.3. The van der Waals surface area contributed by atoms with Crippen molar-refractivity contribution in [2.45, 2.75) is 38.7 Å². The van der Waals surface area contributed by atoms with Crippen molar-refractivity contribution in [3.63, 3.8) is 0 Å². The highest BCUT2D eigenvalue weighted by Crippen LogP contribution is 2.21. The third-order valence-electron chi connectivity index (χ3n) is 1.83. The average Bonchev–Trinajstić information content (AvgIpc) is 2.40. The van der Waals surface area contributed by atoms with Gasteiger partial charge < -0.3 is 9.47 Å². The van der Waals surface area contributed by atoms with Crippen LogP contribution in [0.25, 0.3) is 0 Å². The average molecular weight is 158 g/mol. The number of carbonyl (C=O) groups is 1. The Balaban J connectivity index is 2.13. The monoisotopic (exact) mass is 158 g/mol. The Morgan fingerprint density at radius 3 is 2.64 bits per heavy atom. The molecule has 0 spiro atoms. The predicted octanol–water partition coefficient (Wildman–Crippen LogP) is 2.10. The van der Waals surface area contributed by atoms with E-state index in [1.807, 2.05) is 0 Å². The highest BCUT2D eigenvalue weighted by Gasteiger charge is 2.19. The summed E-state index contributed by atoms with van der Waals surface area (Å²) in [5.41, 5.74) is 0. The topological polar surface area (TPSA) is 35.5 Å². The molecule has 0 aromatic rings. The fraction of sp³-hybridized carbons (Fsp3) is 0.875. The Hall–Kier alpha value is -0.730. The molecule has 3 heteroatoms. The maximum absolute atomic E-state index is 10.8. The van der Waals surface area contributed by atoms with Crippen LogP contribution in [0.4, 0.5) is 4.79 Å². The molecule has 0 bridgehead atoms. The summed E-state index contributed by atoms with van der Waals surface area (Å²) in [5, 5.41) is 0. The van der Waals surface area contributed by atoms with Crippen LogP contribution < -0.4 is 0 Å². The standard InChI is InChI=1S/C8H14O3/c1-2-10-8(9)11-7-5-3-4-6-7/h7H,2-6H2,1H3. The van der Waals surface area contributed by atoms with E-state index in [9.17, 15) is 4.79 Å². The van der Waals surface area contributed by atoms with Gasteiger partial charge in [0.05, 0.1) is 6.61 Å². The minimum Gasteiger partial charge on any atom is -0.435 e. The molecular weight excluding hydrogens is 144 g/mol. The molecule has 0 heterocycles. The number of ether oxygens (including phenoxy) is 2. The lowest BCUT2D eigenvalue weighted by molar-refractivity contribution is 0.0287. The third kappa shape index (κ3) is 2.78. The molecule has 0 amide bonds. The van der Waals surface area contributed by atoms with E-state index in [4.69, 9.17) is 4.74 Å². The summed E-state index contributed by atoms with van der Waals surface area (Å²) in [6.07, 6.45) is 3.94. The summed E-state index contributed by atoms with van der Waals surface area (Å²) in [4.78, 5) is 10.8. The van der Waals surface area contributed by atoms with Gasteiger partial charge in [-0.05, 0) is 32.6 Å². The van der Waals surface area contributed by atoms with Crippen LogP contribution in [0.1, 0.15) is 32.6 Å². The molecular formula is C8H14O3. The van der Waals surface area contributed by atoms with Crippen molar-refractivity contribution in [1.29, 1.82) is 0 Å². The van der Waals surface area contributed by atoms with E-state index in [-0.39, 0.29) is 6.10 Å². The summed E-state index contributed by atoms with van der Waals surface area (Å²) in [7, 11) is 0. The summed E-state index contributed by atoms with van der Waals surface area (Å²) < 4.78 is 9.63. The fourth-order valence-corrected chi connectivity index (χ4v) is 1.29. The molecule has 1 rings (SSSR count). The van der Waals surface area contributed by atoms with E-state index in [0.29, 0.717) is 6.61 Å². The molecule has 0 atom stereocenters. The Kier molecular flexibility index (Phi) is 3.20. The van der Waals surface area contributed by atoms with Crippen LogP contribution in [0.5, 0.6) is 0 Å². The van der Waals surface area contributed by atoms with Crippen LogP contribution in [-0.2, 0) is 9.47 Å². The Morgan fingerprint density at radius 2 is 2.09 bits per heavy atom. The van der Waals surface area contributed by atoms with Crippen LogP contribution in [0.2, 0.25) is 0 Å². The van der Waals surface area contributed by atoms with Gasteiger partial charge in [-0.2, -0.15) is 0 Å². The van der Waals surface area contributed by atoms with E-state index in [2.05, 4.69) is 4.74 Å². The minimum absolute atomic E-state index is 0.119. The molecule has 0 unspecified atom stereocenters. The fourth-order valence-electron chi connectivity index (χ4n) is 1.29. The summed E-state index contributed by atoms with van der Waals surface area (Å²) in [6.45, 7) is 2.17. The van der Waals surface area contributed by atoms with E-state index < -0.39 is 6.16 Å². The molecule has 0 aromatic heterocycles. The first-order valence-electron chi connectivity index (χ1n) is 4.16. The van der Waals surface area contributed by atoms with Crippen LogP contribution in [0.3, 0.4) is 0 Å². The molecule has 64 valence electrons. The highest BCUT2D eigenvalue weighted by atomic mass is 16.7. The lowest BCUT2D eigenvalue weighted by atomic mass is 10.3. The summed E-state index contributed by atoms with van der Waals surface area (Å²) in [6, 6.07) is 0.